The molecule has 0 aliphatic heterocycles. The van der Waals surface area contributed by atoms with E-state index in [9.17, 15) is 10.1 Å². The zero-order valence-corrected chi connectivity index (χ0v) is 10.1. The molecule has 4 nitrogen and oxygen atoms in total. The van der Waals surface area contributed by atoms with E-state index >= 15 is 0 Å². The smallest absolute Gasteiger partial charge is 0.312 e. The van der Waals surface area contributed by atoms with Crippen LogP contribution in [0.25, 0.3) is 0 Å². The van der Waals surface area contributed by atoms with Crippen LogP contribution in [0, 0.1) is 10.1 Å². The van der Waals surface area contributed by atoms with Gasteiger partial charge in [-0.25, -0.2) is 0 Å². The molecular weight excluding hydrogens is 254 g/mol. The number of benzene rings is 2. The largest absolute Gasteiger partial charge is 0.481 e. The predicted molar refractivity (Wildman–Crippen MR) is 68.9 cm³/mol. The van der Waals surface area contributed by atoms with E-state index in [1.54, 1.807) is 6.07 Å². The van der Waals surface area contributed by atoms with Gasteiger partial charge in [0.15, 0.2) is 0 Å². The van der Waals surface area contributed by atoms with Gasteiger partial charge in [-0.1, -0.05) is 48.0 Å². The molecule has 2 rings (SSSR count). The van der Waals surface area contributed by atoms with Gasteiger partial charge in [-0.3, -0.25) is 10.1 Å². The maximum Gasteiger partial charge on any atom is 0.312 e. The van der Waals surface area contributed by atoms with Gasteiger partial charge in [0.1, 0.15) is 6.61 Å². The average Bonchev–Trinajstić information content (AvgIpc) is 2.38. The summed E-state index contributed by atoms with van der Waals surface area (Å²) in [7, 11) is 0. The number of nitro groups is 1. The molecule has 0 heterocycles. The molecule has 0 amide bonds. The minimum Gasteiger partial charge on any atom is -0.481 e. The summed E-state index contributed by atoms with van der Waals surface area (Å²) in [6.45, 7) is 0.241. The van der Waals surface area contributed by atoms with Gasteiger partial charge < -0.3 is 4.74 Å². The van der Waals surface area contributed by atoms with Crippen molar-refractivity contribution in [1.82, 2.24) is 0 Å². The Balaban J connectivity index is 2.21. The SMILES string of the molecule is O=[N+]([O-])c1cccc(Cl)c1OCc1ccccc1. The van der Waals surface area contributed by atoms with Crippen molar-refractivity contribution in [2.24, 2.45) is 0 Å². The standard InChI is InChI=1S/C13H10ClNO3/c14-11-7-4-8-12(15(16)17)13(11)18-9-10-5-2-1-3-6-10/h1-8H,9H2. The fourth-order valence-corrected chi connectivity index (χ4v) is 1.74. The first-order valence-electron chi connectivity index (χ1n) is 5.28. The first-order valence-corrected chi connectivity index (χ1v) is 5.66. The van der Waals surface area contributed by atoms with Crippen LogP contribution >= 0.6 is 11.6 Å². The number of ether oxygens (including phenoxy) is 1. The van der Waals surface area contributed by atoms with E-state index in [2.05, 4.69) is 0 Å². The zero-order valence-electron chi connectivity index (χ0n) is 9.38. The molecule has 0 bridgehead atoms. The minimum atomic E-state index is -0.508. The van der Waals surface area contributed by atoms with Gasteiger partial charge in [0, 0.05) is 6.07 Å². The first kappa shape index (κ1) is 12.4. The monoisotopic (exact) mass is 263 g/mol. The highest BCUT2D eigenvalue weighted by Gasteiger charge is 2.17. The number of rotatable bonds is 4. The molecule has 0 N–H and O–H groups in total. The van der Waals surface area contributed by atoms with Crippen LogP contribution in [0.5, 0.6) is 5.75 Å². The molecule has 5 heteroatoms. The van der Waals surface area contributed by atoms with Crippen molar-refractivity contribution in [2.45, 2.75) is 6.61 Å². The second kappa shape index (κ2) is 5.51. The van der Waals surface area contributed by atoms with Gasteiger partial charge in [0.2, 0.25) is 5.75 Å². The van der Waals surface area contributed by atoms with Gasteiger partial charge in [0.25, 0.3) is 0 Å². The number of hydrogen-bond donors (Lipinski definition) is 0. The highest BCUT2D eigenvalue weighted by Crippen LogP contribution is 2.34. The molecule has 0 spiro atoms. The molecule has 0 fully saturated rings. The van der Waals surface area contributed by atoms with Crippen molar-refractivity contribution in [1.29, 1.82) is 0 Å². The summed E-state index contributed by atoms with van der Waals surface area (Å²) in [5, 5.41) is 11.1. The van der Waals surface area contributed by atoms with E-state index in [1.807, 2.05) is 30.3 Å². The highest BCUT2D eigenvalue weighted by atomic mass is 35.5. The minimum absolute atomic E-state index is 0.105. The zero-order chi connectivity index (χ0) is 13.0. The Hall–Kier alpha value is -2.07. The van der Waals surface area contributed by atoms with E-state index in [1.165, 1.54) is 12.1 Å². The number of hydrogen-bond acceptors (Lipinski definition) is 3. The van der Waals surface area contributed by atoms with E-state index in [0.717, 1.165) is 5.56 Å². The summed E-state index contributed by atoms with van der Waals surface area (Å²) in [6.07, 6.45) is 0. The van der Waals surface area contributed by atoms with Crippen LogP contribution < -0.4 is 4.74 Å². The van der Waals surface area contributed by atoms with Crippen molar-refractivity contribution in [2.75, 3.05) is 0 Å². The lowest BCUT2D eigenvalue weighted by Crippen LogP contribution is -1.99. The van der Waals surface area contributed by atoms with Crippen molar-refractivity contribution < 1.29 is 9.66 Å². The summed E-state index contributed by atoms with van der Waals surface area (Å²) in [6, 6.07) is 13.9. The lowest BCUT2D eigenvalue weighted by Gasteiger charge is -2.08. The van der Waals surface area contributed by atoms with Crippen molar-refractivity contribution in [3.8, 4) is 5.75 Å². The molecule has 0 radical (unpaired) electrons. The molecule has 0 saturated heterocycles. The van der Waals surface area contributed by atoms with Crippen LogP contribution in [-0.4, -0.2) is 4.92 Å². The fraction of sp³-hybridized carbons (Fsp3) is 0.0769. The normalized spacial score (nSPS) is 10.1. The van der Waals surface area contributed by atoms with Gasteiger partial charge in [0.05, 0.1) is 9.95 Å². The molecule has 0 aliphatic rings. The highest BCUT2D eigenvalue weighted by molar-refractivity contribution is 6.32. The molecule has 2 aromatic carbocycles. The quantitative estimate of drug-likeness (QED) is 0.622. The Bertz CT molecular complexity index is 557. The van der Waals surface area contributed by atoms with Crippen LogP contribution in [0.4, 0.5) is 5.69 Å². The molecule has 18 heavy (non-hydrogen) atoms. The second-order valence-electron chi connectivity index (χ2n) is 3.62. The van der Waals surface area contributed by atoms with Crippen LogP contribution in [0.2, 0.25) is 5.02 Å². The number of halogens is 1. The van der Waals surface area contributed by atoms with E-state index < -0.39 is 4.92 Å². The Morgan fingerprint density at radius 3 is 2.50 bits per heavy atom. The molecule has 0 saturated carbocycles. The third-order valence-corrected chi connectivity index (χ3v) is 2.67. The van der Waals surface area contributed by atoms with Crippen LogP contribution in [0.3, 0.4) is 0 Å². The van der Waals surface area contributed by atoms with Crippen molar-refractivity contribution >= 4 is 17.3 Å². The summed E-state index contributed by atoms with van der Waals surface area (Å²) in [4.78, 5) is 10.3. The van der Waals surface area contributed by atoms with Crippen LogP contribution in [0.1, 0.15) is 5.56 Å². The number of para-hydroxylation sites is 1. The van der Waals surface area contributed by atoms with E-state index in [-0.39, 0.29) is 23.1 Å². The molecule has 2 aromatic rings. The topological polar surface area (TPSA) is 52.4 Å². The average molecular weight is 264 g/mol. The van der Waals surface area contributed by atoms with E-state index in [0.29, 0.717) is 0 Å². The van der Waals surface area contributed by atoms with Gasteiger partial charge >= 0.3 is 5.69 Å². The van der Waals surface area contributed by atoms with Gasteiger partial charge in [-0.05, 0) is 11.6 Å². The summed E-state index contributed by atoms with van der Waals surface area (Å²) >= 11 is 5.91. The Morgan fingerprint density at radius 1 is 1.11 bits per heavy atom. The van der Waals surface area contributed by atoms with Gasteiger partial charge in [-0.15, -0.1) is 0 Å². The van der Waals surface area contributed by atoms with Crippen molar-refractivity contribution in [3.63, 3.8) is 0 Å². The summed E-state index contributed by atoms with van der Waals surface area (Å²) in [5.74, 6) is 0.105. The number of nitro benzene ring substituents is 1. The van der Waals surface area contributed by atoms with Crippen LogP contribution in [0.15, 0.2) is 48.5 Å². The third kappa shape index (κ3) is 2.78. The maximum absolute atomic E-state index is 10.9. The molecule has 0 aromatic heterocycles. The summed E-state index contributed by atoms with van der Waals surface area (Å²) in [5.41, 5.74) is 0.796. The first-order chi connectivity index (χ1) is 8.68. The Morgan fingerprint density at radius 2 is 1.83 bits per heavy atom. The molecule has 92 valence electrons. The molecule has 0 unspecified atom stereocenters. The summed E-state index contributed by atoms with van der Waals surface area (Å²) < 4.78 is 5.44. The second-order valence-corrected chi connectivity index (χ2v) is 4.03. The van der Waals surface area contributed by atoms with Crippen LogP contribution in [-0.2, 0) is 6.61 Å². The lowest BCUT2D eigenvalue weighted by atomic mass is 10.2. The lowest BCUT2D eigenvalue weighted by molar-refractivity contribution is -0.385. The van der Waals surface area contributed by atoms with Crippen molar-refractivity contribution in [3.05, 3.63) is 69.2 Å². The fourth-order valence-electron chi connectivity index (χ4n) is 1.51. The maximum atomic E-state index is 10.9. The Kier molecular flexibility index (Phi) is 3.79. The molecular formula is C13H10ClNO3. The number of nitrogens with zero attached hydrogens (tertiary/aromatic N) is 1. The third-order valence-electron chi connectivity index (χ3n) is 2.37. The molecule has 0 aliphatic carbocycles. The Labute approximate surface area is 109 Å². The molecule has 0 atom stereocenters. The van der Waals surface area contributed by atoms with E-state index in [4.69, 9.17) is 16.3 Å². The predicted octanol–water partition coefficient (Wildman–Crippen LogP) is 3.83. The van der Waals surface area contributed by atoms with Gasteiger partial charge in [-0.2, -0.15) is 0 Å².